The van der Waals surface area contributed by atoms with Crippen LogP contribution >= 0.6 is 0 Å². The van der Waals surface area contributed by atoms with E-state index in [9.17, 15) is 40.2 Å². The Morgan fingerprint density at radius 1 is 0.913 bits per heavy atom. The Morgan fingerprint density at radius 2 is 1.59 bits per heavy atom. The molecule has 2 aromatic carbocycles. The van der Waals surface area contributed by atoms with Gasteiger partial charge in [-0.25, -0.2) is 0 Å². The Labute approximate surface area is 265 Å². The average Bonchev–Trinajstić information content (AvgIpc) is 3.02. The first-order valence-electron chi connectivity index (χ1n) is 15.7. The number of phenols is 3. The van der Waals surface area contributed by atoms with Gasteiger partial charge in [-0.1, -0.05) is 19.1 Å². The largest absolute Gasteiger partial charge is 0.507 e. The maximum absolute atomic E-state index is 13.7. The number of hydrogen-bond acceptors (Lipinski definition) is 13. The molecule has 13 nitrogen and oxygen atoms in total. The van der Waals surface area contributed by atoms with E-state index in [2.05, 4.69) is 5.32 Å². The summed E-state index contributed by atoms with van der Waals surface area (Å²) in [6, 6.07) is 3.64. The van der Waals surface area contributed by atoms with E-state index in [1.54, 1.807) is 27.8 Å². The number of carbonyl (C=O) groups is 2. The molecule has 10 atom stereocenters. The van der Waals surface area contributed by atoms with E-state index in [-0.39, 0.29) is 53.7 Å². The zero-order valence-electron chi connectivity index (χ0n) is 26.1. The van der Waals surface area contributed by atoms with E-state index in [4.69, 9.17) is 18.9 Å². The Bertz CT molecular complexity index is 1550. The van der Waals surface area contributed by atoms with Gasteiger partial charge in [-0.3, -0.25) is 9.59 Å². The van der Waals surface area contributed by atoms with Gasteiger partial charge in [0.2, 0.25) is 5.78 Å². The molecule has 0 unspecified atom stereocenters. The van der Waals surface area contributed by atoms with Crippen molar-refractivity contribution in [1.82, 2.24) is 5.32 Å². The van der Waals surface area contributed by atoms with Crippen LogP contribution in [0.5, 0.6) is 17.2 Å². The normalized spacial score (nSPS) is 35.8. The summed E-state index contributed by atoms with van der Waals surface area (Å²) in [5.41, 5.74) is -3.83. The highest BCUT2D eigenvalue weighted by Gasteiger charge is 2.52. The minimum atomic E-state index is -1.83. The van der Waals surface area contributed by atoms with Gasteiger partial charge in [0.1, 0.15) is 29.5 Å². The standard InChI is InChI=1S/C33H41NO12/c1-5-33(42)12-19(45-21-11-16(34-4)31(14(3)44-21)46-20-10-9-17(35)13(2)43-20)23-26(32(33)41)30(40)24-25(29(23)39)28(38)22-15(27(24)37)7-6-8-18(22)36/h6-8,13-14,16-17,19-21,31-32,34-36,39-42H,5,9-12H2,1-4H3/t13-,14-,16-,17-,19-,20-,21-,31+,32+,33+/m0/s1. The van der Waals surface area contributed by atoms with Gasteiger partial charge < -0.3 is 54.9 Å². The first-order chi connectivity index (χ1) is 21.8. The molecule has 2 saturated heterocycles. The summed E-state index contributed by atoms with van der Waals surface area (Å²) in [4.78, 5) is 27.2. The number of phenolic OH excluding ortho intramolecular Hbond substituents is 3. The van der Waals surface area contributed by atoms with Crippen molar-refractivity contribution in [2.75, 3.05) is 7.05 Å². The molecule has 2 aliphatic carbocycles. The molecule has 0 radical (unpaired) electrons. The van der Waals surface area contributed by atoms with Crippen LogP contribution in [-0.4, -0.2) is 97.9 Å². The van der Waals surface area contributed by atoms with Crippen LogP contribution < -0.4 is 5.32 Å². The lowest BCUT2D eigenvalue weighted by molar-refractivity contribution is -0.296. The van der Waals surface area contributed by atoms with Crippen molar-refractivity contribution in [1.29, 1.82) is 0 Å². The fourth-order valence-electron chi connectivity index (χ4n) is 7.31. The van der Waals surface area contributed by atoms with Crippen LogP contribution in [0.25, 0.3) is 0 Å². The van der Waals surface area contributed by atoms with E-state index in [0.717, 1.165) is 0 Å². The van der Waals surface area contributed by atoms with Crippen molar-refractivity contribution >= 4 is 11.6 Å². The van der Waals surface area contributed by atoms with Gasteiger partial charge in [-0.2, -0.15) is 0 Å². The number of aromatic hydroxyl groups is 3. The number of aliphatic hydroxyl groups excluding tert-OH is 2. The quantitative estimate of drug-likeness (QED) is 0.193. The SMILES string of the molecule is CC[C@@]1(O)C[C@H](O[C@H]2C[C@H](NC)[C@H](O[C@H]3CC[C@H](O)[C@H](C)O3)[C@H](C)O2)c2c(O)c3c(c(O)c2[C@H]1O)C(=O)c1cccc(O)c1C3=O. The number of likely N-dealkylation sites (N-methyl/N-ethyl adjacent to an activating group) is 1. The Kier molecular flexibility index (Phi) is 8.66. The third kappa shape index (κ3) is 5.19. The molecule has 13 heteroatoms. The Hall–Kier alpha value is -3.14. The highest BCUT2D eigenvalue weighted by atomic mass is 16.7. The van der Waals surface area contributed by atoms with Crippen LogP contribution in [0.15, 0.2) is 18.2 Å². The molecule has 6 rings (SSSR count). The number of rotatable bonds is 6. The number of benzene rings is 2. The minimum Gasteiger partial charge on any atom is -0.507 e. The Balaban J connectivity index is 1.34. The van der Waals surface area contributed by atoms with Crippen molar-refractivity contribution in [3.8, 4) is 17.2 Å². The predicted octanol–water partition coefficient (Wildman–Crippen LogP) is 2.21. The van der Waals surface area contributed by atoms with E-state index < -0.39 is 88.6 Å². The number of fused-ring (bicyclic) bond motifs is 3. The molecule has 0 amide bonds. The summed E-state index contributed by atoms with van der Waals surface area (Å²) >= 11 is 0. The molecule has 0 aromatic heterocycles. The summed E-state index contributed by atoms with van der Waals surface area (Å²) in [7, 11) is 1.76. The van der Waals surface area contributed by atoms with Gasteiger partial charge in [-0.15, -0.1) is 0 Å². The fourth-order valence-corrected chi connectivity index (χ4v) is 7.31. The maximum Gasteiger partial charge on any atom is 0.202 e. The Morgan fingerprint density at radius 3 is 2.26 bits per heavy atom. The molecule has 2 aromatic rings. The summed E-state index contributed by atoms with van der Waals surface area (Å²) < 4.78 is 24.7. The number of nitrogens with one attached hydrogen (secondary N) is 1. The van der Waals surface area contributed by atoms with Gasteiger partial charge in [0, 0.05) is 42.0 Å². The molecule has 2 aliphatic heterocycles. The van der Waals surface area contributed by atoms with Gasteiger partial charge in [-0.05, 0) is 39.8 Å². The molecule has 7 N–H and O–H groups in total. The molecule has 0 bridgehead atoms. The monoisotopic (exact) mass is 643 g/mol. The van der Waals surface area contributed by atoms with E-state index in [1.165, 1.54) is 18.2 Å². The van der Waals surface area contributed by atoms with Gasteiger partial charge >= 0.3 is 0 Å². The topological polar surface area (TPSA) is 204 Å². The van der Waals surface area contributed by atoms with E-state index in [1.807, 2.05) is 0 Å². The molecular formula is C33H41NO12. The first-order valence-corrected chi connectivity index (χ1v) is 15.7. The summed E-state index contributed by atoms with van der Waals surface area (Å²) in [5.74, 6) is -3.63. The van der Waals surface area contributed by atoms with Crippen LogP contribution in [0.1, 0.15) is 108 Å². The highest BCUT2D eigenvalue weighted by molar-refractivity contribution is 6.31. The lowest BCUT2D eigenvalue weighted by Crippen LogP contribution is -2.56. The van der Waals surface area contributed by atoms with Crippen LogP contribution in [0.3, 0.4) is 0 Å². The van der Waals surface area contributed by atoms with E-state index in [0.29, 0.717) is 12.8 Å². The third-order valence-corrected chi connectivity index (χ3v) is 10.0. The van der Waals surface area contributed by atoms with Crippen LogP contribution in [0.2, 0.25) is 0 Å². The molecule has 2 fully saturated rings. The number of ketones is 2. The first kappa shape index (κ1) is 32.8. The lowest BCUT2D eigenvalue weighted by atomic mass is 9.70. The molecule has 2 heterocycles. The van der Waals surface area contributed by atoms with Crippen LogP contribution in [0.4, 0.5) is 0 Å². The second-order valence-electron chi connectivity index (χ2n) is 12.7. The lowest BCUT2D eigenvalue weighted by Gasteiger charge is -2.46. The maximum atomic E-state index is 13.7. The summed E-state index contributed by atoms with van der Waals surface area (Å²) in [5, 5.41) is 69.7. The van der Waals surface area contributed by atoms with Crippen LogP contribution in [0, 0.1) is 0 Å². The van der Waals surface area contributed by atoms with Crippen molar-refractivity contribution in [2.24, 2.45) is 0 Å². The second kappa shape index (κ2) is 12.1. The zero-order chi connectivity index (χ0) is 33.2. The smallest absolute Gasteiger partial charge is 0.202 e. The summed E-state index contributed by atoms with van der Waals surface area (Å²) in [6.07, 6.45) is -5.20. The van der Waals surface area contributed by atoms with Gasteiger partial charge in [0.05, 0.1) is 46.7 Å². The predicted molar refractivity (Wildman–Crippen MR) is 160 cm³/mol. The van der Waals surface area contributed by atoms with Crippen molar-refractivity contribution in [3.05, 3.63) is 51.6 Å². The van der Waals surface area contributed by atoms with Gasteiger partial charge in [0.15, 0.2) is 18.4 Å². The highest BCUT2D eigenvalue weighted by Crippen LogP contribution is 2.56. The molecular weight excluding hydrogens is 602 g/mol. The number of carbonyl (C=O) groups excluding carboxylic acids is 2. The van der Waals surface area contributed by atoms with E-state index >= 15 is 0 Å². The molecule has 0 spiro atoms. The summed E-state index contributed by atoms with van der Waals surface area (Å²) in [6.45, 7) is 5.23. The molecule has 4 aliphatic rings. The third-order valence-electron chi connectivity index (χ3n) is 10.0. The number of aliphatic hydroxyl groups is 3. The zero-order valence-corrected chi connectivity index (χ0v) is 26.1. The van der Waals surface area contributed by atoms with Crippen LogP contribution in [-0.2, 0) is 18.9 Å². The minimum absolute atomic E-state index is 0.0276. The van der Waals surface area contributed by atoms with Crippen molar-refractivity contribution < 1.29 is 59.2 Å². The van der Waals surface area contributed by atoms with Crippen molar-refractivity contribution in [3.63, 3.8) is 0 Å². The average molecular weight is 644 g/mol. The van der Waals surface area contributed by atoms with Crippen molar-refractivity contribution in [2.45, 2.75) is 114 Å². The fraction of sp³-hybridized carbons (Fsp3) is 0.576. The molecule has 0 saturated carbocycles. The second-order valence-corrected chi connectivity index (χ2v) is 12.7. The molecule has 46 heavy (non-hydrogen) atoms. The number of ether oxygens (including phenoxy) is 4. The van der Waals surface area contributed by atoms with Gasteiger partial charge in [0.25, 0.3) is 0 Å². The number of hydrogen-bond donors (Lipinski definition) is 7. The molecule has 250 valence electrons.